The van der Waals surface area contributed by atoms with Crippen LogP contribution in [0.15, 0.2) is 24.5 Å². The lowest BCUT2D eigenvalue weighted by molar-refractivity contribution is 0.342. The second-order valence-corrected chi connectivity index (χ2v) is 5.39. The third-order valence-corrected chi connectivity index (χ3v) is 3.95. The van der Waals surface area contributed by atoms with Gasteiger partial charge in [-0.25, -0.2) is 0 Å². The maximum atomic E-state index is 4.28. The van der Waals surface area contributed by atoms with Crippen LogP contribution in [0.25, 0.3) is 0 Å². The number of aryl methyl sites for hydroxylation is 2. The first-order valence-corrected chi connectivity index (χ1v) is 7.37. The van der Waals surface area contributed by atoms with Crippen molar-refractivity contribution in [1.82, 2.24) is 25.1 Å². The third-order valence-electron chi connectivity index (χ3n) is 3.95. The van der Waals surface area contributed by atoms with E-state index < -0.39 is 0 Å². The number of nitrogens with zero attached hydrogens (tertiary/aromatic N) is 4. The molecule has 5 heteroatoms. The van der Waals surface area contributed by atoms with Gasteiger partial charge in [0.05, 0.1) is 0 Å². The van der Waals surface area contributed by atoms with E-state index in [9.17, 15) is 0 Å². The number of rotatable bonds is 5. The average Bonchev–Trinajstić information content (AvgIpc) is 2.91. The van der Waals surface area contributed by atoms with Gasteiger partial charge in [0.2, 0.25) is 0 Å². The molecule has 3 rings (SSSR count). The molecule has 106 valence electrons. The lowest BCUT2D eigenvalue weighted by atomic mass is 9.99. The molecule has 0 spiro atoms. The maximum Gasteiger partial charge on any atom is 0.133 e. The van der Waals surface area contributed by atoms with Crippen molar-refractivity contribution in [2.75, 3.05) is 6.54 Å². The second kappa shape index (κ2) is 6.13. The molecular weight excluding hydrogens is 250 g/mol. The van der Waals surface area contributed by atoms with Crippen LogP contribution in [0.2, 0.25) is 0 Å². The molecule has 0 saturated heterocycles. The number of fused-ring (bicyclic) bond motifs is 1. The Bertz CT molecular complexity index is 535. The quantitative estimate of drug-likeness (QED) is 0.897. The average molecular weight is 271 g/mol. The molecule has 2 aromatic heterocycles. The second-order valence-electron chi connectivity index (χ2n) is 5.39. The molecular formula is C15H21N5. The van der Waals surface area contributed by atoms with E-state index in [1.165, 1.54) is 12.0 Å². The van der Waals surface area contributed by atoms with Gasteiger partial charge in [-0.3, -0.25) is 4.98 Å². The van der Waals surface area contributed by atoms with Gasteiger partial charge in [0.15, 0.2) is 0 Å². The lowest BCUT2D eigenvalue weighted by Crippen LogP contribution is -2.30. The first-order valence-electron chi connectivity index (χ1n) is 7.37. The van der Waals surface area contributed by atoms with Crippen LogP contribution in [0.5, 0.6) is 0 Å². The van der Waals surface area contributed by atoms with Crippen molar-refractivity contribution < 1.29 is 0 Å². The van der Waals surface area contributed by atoms with Gasteiger partial charge < -0.3 is 9.88 Å². The molecule has 0 amide bonds. The van der Waals surface area contributed by atoms with Gasteiger partial charge in [-0.1, -0.05) is 6.92 Å². The highest BCUT2D eigenvalue weighted by Gasteiger charge is 2.21. The number of pyridine rings is 1. The van der Waals surface area contributed by atoms with Crippen molar-refractivity contribution in [1.29, 1.82) is 0 Å². The number of nitrogens with one attached hydrogen (secondary N) is 1. The van der Waals surface area contributed by atoms with Crippen molar-refractivity contribution in [2.45, 2.75) is 39.3 Å². The van der Waals surface area contributed by atoms with Crippen LogP contribution in [-0.2, 0) is 25.9 Å². The first kappa shape index (κ1) is 13.2. The van der Waals surface area contributed by atoms with Crippen molar-refractivity contribution in [3.05, 3.63) is 41.7 Å². The van der Waals surface area contributed by atoms with Crippen molar-refractivity contribution in [3.63, 3.8) is 0 Å². The third kappa shape index (κ3) is 2.88. The molecule has 20 heavy (non-hydrogen) atoms. The van der Waals surface area contributed by atoms with Gasteiger partial charge in [0.1, 0.15) is 11.6 Å². The van der Waals surface area contributed by atoms with Gasteiger partial charge in [0.25, 0.3) is 0 Å². The maximum absolute atomic E-state index is 4.28. The number of hydrogen-bond donors (Lipinski definition) is 1. The molecule has 2 aromatic rings. The first-order chi connectivity index (χ1) is 9.86. The van der Waals surface area contributed by atoms with Crippen LogP contribution >= 0.6 is 0 Å². The van der Waals surface area contributed by atoms with Gasteiger partial charge in [0, 0.05) is 38.3 Å². The molecule has 1 aliphatic rings. The molecule has 1 aliphatic heterocycles. The summed E-state index contributed by atoms with van der Waals surface area (Å²) < 4.78 is 2.31. The summed E-state index contributed by atoms with van der Waals surface area (Å²) in [7, 11) is 0. The Hall–Kier alpha value is -1.75. The van der Waals surface area contributed by atoms with Crippen LogP contribution in [-0.4, -0.2) is 26.3 Å². The number of hydrogen-bond acceptors (Lipinski definition) is 4. The SMILES string of the molecule is CCc1nnc2n1CC(CNCc1ccncc1)CC2. The zero-order chi connectivity index (χ0) is 13.8. The van der Waals surface area contributed by atoms with E-state index in [-0.39, 0.29) is 0 Å². The molecule has 0 radical (unpaired) electrons. The zero-order valence-corrected chi connectivity index (χ0v) is 11.9. The van der Waals surface area contributed by atoms with E-state index in [0.717, 1.165) is 44.1 Å². The van der Waals surface area contributed by atoms with E-state index in [2.05, 4.69) is 44.1 Å². The van der Waals surface area contributed by atoms with E-state index >= 15 is 0 Å². The summed E-state index contributed by atoms with van der Waals surface area (Å²) in [4.78, 5) is 4.04. The molecule has 3 heterocycles. The fourth-order valence-corrected chi connectivity index (χ4v) is 2.80. The van der Waals surface area contributed by atoms with Crippen LogP contribution in [0, 0.1) is 5.92 Å². The van der Waals surface area contributed by atoms with Crippen LogP contribution in [0.1, 0.15) is 30.6 Å². The molecule has 0 aliphatic carbocycles. The lowest BCUT2D eigenvalue weighted by Gasteiger charge is -2.24. The Morgan fingerprint density at radius 2 is 2.15 bits per heavy atom. The summed E-state index contributed by atoms with van der Waals surface area (Å²) in [5.41, 5.74) is 1.29. The van der Waals surface area contributed by atoms with E-state index in [1.54, 1.807) is 0 Å². The number of aromatic nitrogens is 4. The van der Waals surface area contributed by atoms with Gasteiger partial charge in [-0.15, -0.1) is 10.2 Å². The minimum Gasteiger partial charge on any atom is -0.315 e. The standard InChI is InChI=1S/C15H21N5/c1-2-14-18-19-15-4-3-13(11-20(14)15)10-17-9-12-5-7-16-8-6-12/h5-8,13,17H,2-4,9-11H2,1H3. The Labute approximate surface area is 119 Å². The van der Waals surface area contributed by atoms with Crippen LogP contribution in [0.3, 0.4) is 0 Å². The topological polar surface area (TPSA) is 55.6 Å². The zero-order valence-electron chi connectivity index (χ0n) is 11.9. The van der Waals surface area contributed by atoms with Gasteiger partial charge >= 0.3 is 0 Å². The van der Waals surface area contributed by atoms with Gasteiger partial charge in [-0.05, 0) is 36.6 Å². The monoisotopic (exact) mass is 271 g/mol. The minimum absolute atomic E-state index is 0.672. The molecule has 0 fully saturated rings. The Balaban J connectivity index is 1.53. The van der Waals surface area contributed by atoms with Crippen molar-refractivity contribution >= 4 is 0 Å². The summed E-state index contributed by atoms with van der Waals surface area (Å²) >= 11 is 0. The Morgan fingerprint density at radius 3 is 2.95 bits per heavy atom. The summed E-state index contributed by atoms with van der Waals surface area (Å²) in [6, 6.07) is 4.11. The molecule has 0 saturated carbocycles. The molecule has 0 bridgehead atoms. The highest BCUT2D eigenvalue weighted by atomic mass is 15.3. The molecule has 5 nitrogen and oxygen atoms in total. The van der Waals surface area contributed by atoms with Crippen molar-refractivity contribution in [2.24, 2.45) is 5.92 Å². The highest BCUT2D eigenvalue weighted by molar-refractivity contribution is 5.09. The molecule has 1 N–H and O–H groups in total. The largest absolute Gasteiger partial charge is 0.315 e. The van der Waals surface area contributed by atoms with E-state index in [1.807, 2.05) is 12.4 Å². The predicted molar refractivity (Wildman–Crippen MR) is 77.2 cm³/mol. The highest BCUT2D eigenvalue weighted by Crippen LogP contribution is 2.19. The van der Waals surface area contributed by atoms with E-state index in [0.29, 0.717) is 5.92 Å². The summed E-state index contributed by atoms with van der Waals surface area (Å²) in [6.45, 7) is 5.15. The van der Waals surface area contributed by atoms with Crippen molar-refractivity contribution in [3.8, 4) is 0 Å². The molecule has 0 aromatic carbocycles. The fourth-order valence-electron chi connectivity index (χ4n) is 2.80. The smallest absolute Gasteiger partial charge is 0.133 e. The summed E-state index contributed by atoms with van der Waals surface area (Å²) in [5, 5.41) is 12.1. The van der Waals surface area contributed by atoms with Crippen LogP contribution in [0.4, 0.5) is 0 Å². The predicted octanol–water partition coefficient (Wildman–Crippen LogP) is 1.59. The van der Waals surface area contributed by atoms with Gasteiger partial charge in [-0.2, -0.15) is 0 Å². The molecule has 1 unspecified atom stereocenters. The fraction of sp³-hybridized carbons (Fsp3) is 0.533. The Kier molecular flexibility index (Phi) is 4.06. The normalized spacial score (nSPS) is 17.9. The molecule has 1 atom stereocenters. The van der Waals surface area contributed by atoms with Crippen LogP contribution < -0.4 is 5.32 Å². The minimum atomic E-state index is 0.672. The van der Waals surface area contributed by atoms with E-state index in [4.69, 9.17) is 0 Å². The summed E-state index contributed by atoms with van der Waals surface area (Å²) in [5.74, 6) is 2.96. The Morgan fingerprint density at radius 1 is 1.30 bits per heavy atom. The summed E-state index contributed by atoms with van der Waals surface area (Å²) in [6.07, 6.45) is 6.90.